The van der Waals surface area contributed by atoms with Gasteiger partial charge < -0.3 is 26.4 Å². The highest BCUT2D eigenvalue weighted by atomic mass is 16.5. The second-order valence-corrected chi connectivity index (χ2v) is 3.51. The van der Waals surface area contributed by atoms with Gasteiger partial charge in [-0.15, -0.1) is 0 Å². The van der Waals surface area contributed by atoms with Crippen LogP contribution in [0.3, 0.4) is 0 Å². The highest BCUT2D eigenvalue weighted by molar-refractivity contribution is 5.78. The van der Waals surface area contributed by atoms with E-state index in [2.05, 4.69) is 0 Å². The van der Waals surface area contributed by atoms with Crippen LogP contribution in [-0.2, 0) is 14.3 Å². The van der Waals surface area contributed by atoms with Gasteiger partial charge in [0.2, 0.25) is 0 Å². The average molecular weight is 234 g/mol. The fourth-order valence-electron chi connectivity index (χ4n) is 0.947. The summed E-state index contributed by atoms with van der Waals surface area (Å²) in [5, 5.41) is 17.8. The van der Waals surface area contributed by atoms with Gasteiger partial charge in [-0.25, -0.2) is 0 Å². The smallest absolute Gasteiger partial charge is 0.325 e. The van der Waals surface area contributed by atoms with Crippen molar-refractivity contribution in [2.75, 3.05) is 0 Å². The number of carbonyl (C=O) groups is 2. The van der Waals surface area contributed by atoms with E-state index in [9.17, 15) is 14.7 Å². The molecule has 7 nitrogen and oxygen atoms in total. The maximum absolute atomic E-state index is 11.3. The van der Waals surface area contributed by atoms with Gasteiger partial charge in [0.15, 0.2) is 0 Å². The van der Waals surface area contributed by atoms with Gasteiger partial charge in [-0.05, 0) is 13.3 Å². The minimum absolute atomic E-state index is 0.301. The van der Waals surface area contributed by atoms with Crippen molar-refractivity contribution in [3.63, 3.8) is 0 Å². The van der Waals surface area contributed by atoms with E-state index in [4.69, 9.17) is 21.3 Å². The monoisotopic (exact) mass is 234 g/mol. The number of aliphatic carboxylic acids is 1. The minimum atomic E-state index is -1.31. The number of esters is 1. The van der Waals surface area contributed by atoms with Crippen molar-refractivity contribution >= 4 is 11.9 Å². The third kappa shape index (κ3) is 4.13. The molecule has 0 radical (unpaired) electrons. The molecular weight excluding hydrogens is 216 g/mol. The number of nitrogens with two attached hydrogens (primary N) is 2. The summed E-state index contributed by atoms with van der Waals surface area (Å²) in [5.74, 6) is -2.14. The number of aliphatic hydroxyl groups is 1. The van der Waals surface area contributed by atoms with Crippen LogP contribution in [0.2, 0.25) is 0 Å². The van der Waals surface area contributed by atoms with E-state index >= 15 is 0 Å². The first-order chi connectivity index (χ1) is 7.31. The third-order valence-electron chi connectivity index (χ3n) is 2.20. The van der Waals surface area contributed by atoms with Crippen molar-refractivity contribution in [1.29, 1.82) is 0 Å². The highest BCUT2D eigenvalue weighted by Gasteiger charge is 2.28. The van der Waals surface area contributed by atoms with Crippen molar-refractivity contribution in [2.24, 2.45) is 11.5 Å². The van der Waals surface area contributed by atoms with Crippen LogP contribution in [0.25, 0.3) is 0 Å². The number of hydrogen-bond acceptors (Lipinski definition) is 6. The Morgan fingerprint density at radius 2 is 1.81 bits per heavy atom. The second-order valence-electron chi connectivity index (χ2n) is 3.51. The average Bonchev–Trinajstić information content (AvgIpc) is 2.25. The van der Waals surface area contributed by atoms with Crippen LogP contribution in [0.5, 0.6) is 0 Å². The van der Waals surface area contributed by atoms with Gasteiger partial charge in [0, 0.05) is 0 Å². The Hall–Kier alpha value is -1.18. The van der Waals surface area contributed by atoms with E-state index in [-0.39, 0.29) is 0 Å². The van der Waals surface area contributed by atoms with Crippen LogP contribution in [-0.4, -0.2) is 46.4 Å². The standard InChI is InChI=1S/C9H18N2O5/c1-3-5(12)7(11)9(15)16-4(2)6(10)8(13)14/h4-7,12H,3,10-11H2,1-2H3,(H,13,14)/t4-,5?,6+,7+/m1/s1. The van der Waals surface area contributed by atoms with Crippen molar-refractivity contribution in [1.82, 2.24) is 0 Å². The summed E-state index contributed by atoms with van der Waals surface area (Å²) in [6, 6.07) is -2.50. The van der Waals surface area contributed by atoms with Crippen LogP contribution in [0.15, 0.2) is 0 Å². The van der Waals surface area contributed by atoms with Crippen LogP contribution >= 0.6 is 0 Å². The molecule has 0 aliphatic rings. The lowest BCUT2D eigenvalue weighted by atomic mass is 10.1. The number of aliphatic hydroxyl groups excluding tert-OH is 1. The van der Waals surface area contributed by atoms with Gasteiger partial charge in [-0.3, -0.25) is 9.59 Å². The Bertz CT molecular complexity index is 258. The molecule has 94 valence electrons. The molecule has 1 unspecified atom stereocenters. The van der Waals surface area contributed by atoms with Gasteiger partial charge in [0.05, 0.1) is 6.10 Å². The molecule has 0 saturated heterocycles. The van der Waals surface area contributed by atoms with Crippen LogP contribution < -0.4 is 11.5 Å². The summed E-state index contributed by atoms with van der Waals surface area (Å²) in [7, 11) is 0. The number of hydrogen-bond donors (Lipinski definition) is 4. The molecule has 0 aliphatic carbocycles. The van der Waals surface area contributed by atoms with Crippen molar-refractivity contribution in [3.05, 3.63) is 0 Å². The maximum Gasteiger partial charge on any atom is 0.325 e. The Balaban J connectivity index is 4.29. The zero-order chi connectivity index (χ0) is 12.9. The largest absolute Gasteiger partial charge is 0.480 e. The number of carboxylic acids is 1. The van der Waals surface area contributed by atoms with Gasteiger partial charge in [0.25, 0.3) is 0 Å². The molecule has 0 spiro atoms. The molecule has 0 bridgehead atoms. The van der Waals surface area contributed by atoms with E-state index < -0.39 is 36.2 Å². The normalized spacial score (nSPS) is 18.3. The summed E-state index contributed by atoms with van der Waals surface area (Å²) < 4.78 is 4.73. The SMILES string of the molecule is CCC(O)[C@H](N)C(=O)O[C@H](C)[C@H](N)C(=O)O. The van der Waals surface area contributed by atoms with E-state index in [0.29, 0.717) is 6.42 Å². The third-order valence-corrected chi connectivity index (χ3v) is 2.20. The number of rotatable bonds is 6. The second kappa shape index (κ2) is 6.41. The van der Waals surface area contributed by atoms with Gasteiger partial charge >= 0.3 is 11.9 Å². The molecule has 0 aromatic rings. The van der Waals surface area contributed by atoms with Crippen LogP contribution in [0.4, 0.5) is 0 Å². The molecule has 0 amide bonds. The molecule has 16 heavy (non-hydrogen) atoms. The van der Waals surface area contributed by atoms with E-state index in [1.807, 2.05) is 0 Å². The summed E-state index contributed by atoms with van der Waals surface area (Å²) >= 11 is 0. The molecule has 0 heterocycles. The van der Waals surface area contributed by atoms with Gasteiger partial charge in [-0.1, -0.05) is 6.92 Å². The summed E-state index contributed by atoms with van der Waals surface area (Å²) in [6.45, 7) is 3.01. The molecule has 4 atom stereocenters. The lowest BCUT2D eigenvalue weighted by molar-refractivity contribution is -0.156. The maximum atomic E-state index is 11.3. The van der Waals surface area contributed by atoms with Crippen molar-refractivity contribution in [2.45, 2.75) is 44.6 Å². The number of carbonyl (C=O) groups excluding carboxylic acids is 1. The van der Waals surface area contributed by atoms with E-state index in [1.54, 1.807) is 6.92 Å². The summed E-state index contributed by atoms with van der Waals surface area (Å²) in [4.78, 5) is 21.8. The van der Waals surface area contributed by atoms with E-state index in [0.717, 1.165) is 0 Å². The number of carboxylic acid groups (broad SMARTS) is 1. The lowest BCUT2D eigenvalue weighted by Gasteiger charge is -2.21. The van der Waals surface area contributed by atoms with E-state index in [1.165, 1.54) is 6.92 Å². The van der Waals surface area contributed by atoms with Gasteiger partial charge in [0.1, 0.15) is 18.2 Å². The molecule has 0 saturated carbocycles. The predicted octanol–water partition coefficient (Wildman–Crippen LogP) is -1.57. The predicted molar refractivity (Wildman–Crippen MR) is 55.4 cm³/mol. The van der Waals surface area contributed by atoms with Crippen molar-refractivity contribution in [3.8, 4) is 0 Å². The summed E-state index contributed by atoms with van der Waals surface area (Å²) in [5.41, 5.74) is 10.6. The molecule has 0 rings (SSSR count). The van der Waals surface area contributed by atoms with Crippen LogP contribution in [0.1, 0.15) is 20.3 Å². The first kappa shape index (κ1) is 14.8. The van der Waals surface area contributed by atoms with Gasteiger partial charge in [-0.2, -0.15) is 0 Å². The molecule has 0 aromatic heterocycles. The Labute approximate surface area is 93.4 Å². The van der Waals surface area contributed by atoms with Crippen molar-refractivity contribution < 1.29 is 24.5 Å². The Morgan fingerprint density at radius 1 is 1.31 bits per heavy atom. The zero-order valence-corrected chi connectivity index (χ0v) is 9.29. The molecule has 0 aliphatic heterocycles. The van der Waals surface area contributed by atoms with Crippen LogP contribution in [0, 0.1) is 0 Å². The molecule has 7 heteroatoms. The lowest BCUT2D eigenvalue weighted by Crippen LogP contribution is -2.48. The number of ether oxygens (including phenoxy) is 1. The topological polar surface area (TPSA) is 136 Å². The molecule has 6 N–H and O–H groups in total. The molecule has 0 fully saturated rings. The fourth-order valence-corrected chi connectivity index (χ4v) is 0.947. The zero-order valence-electron chi connectivity index (χ0n) is 9.29. The fraction of sp³-hybridized carbons (Fsp3) is 0.778. The first-order valence-electron chi connectivity index (χ1n) is 4.93. The quantitative estimate of drug-likeness (QED) is 0.407. The summed E-state index contributed by atoms with van der Waals surface area (Å²) in [6.07, 6.45) is -1.71. The molecular formula is C9H18N2O5. The first-order valence-corrected chi connectivity index (χ1v) is 4.93. The Kier molecular flexibility index (Phi) is 5.94. The molecule has 0 aromatic carbocycles. The Morgan fingerprint density at radius 3 is 2.19 bits per heavy atom. The minimum Gasteiger partial charge on any atom is -0.480 e. The highest BCUT2D eigenvalue weighted by Crippen LogP contribution is 2.03.